The summed E-state index contributed by atoms with van der Waals surface area (Å²) >= 11 is 1.68. The molecule has 0 atom stereocenters. The van der Waals surface area contributed by atoms with Crippen LogP contribution in [-0.2, 0) is 26.2 Å². The highest BCUT2D eigenvalue weighted by Crippen LogP contribution is 2.24. The van der Waals surface area contributed by atoms with E-state index in [-0.39, 0.29) is 0 Å². The Kier molecular flexibility index (Phi) is 4.06. The van der Waals surface area contributed by atoms with Crippen molar-refractivity contribution < 1.29 is 0 Å². The number of rotatable bonds is 5. The van der Waals surface area contributed by atoms with Crippen molar-refractivity contribution >= 4 is 28.3 Å². The van der Waals surface area contributed by atoms with Gasteiger partial charge in [-0.2, -0.15) is 5.10 Å². The number of nitrogens with one attached hydrogen (secondary N) is 1. The Hall–Kier alpha value is -2.85. The highest BCUT2D eigenvalue weighted by Gasteiger charge is 2.22. The van der Waals surface area contributed by atoms with Crippen molar-refractivity contribution in [2.75, 3.05) is 18.5 Å². The lowest BCUT2D eigenvalue weighted by molar-refractivity contribution is 0.313. The minimum absolute atomic E-state index is 0.698. The number of fused-ring (bicyclic) bond motifs is 2. The molecule has 0 radical (unpaired) electrons. The van der Waals surface area contributed by atoms with Crippen molar-refractivity contribution in [1.29, 1.82) is 0 Å². The Balaban J connectivity index is 1.32. The molecule has 5 rings (SSSR count). The van der Waals surface area contributed by atoms with Crippen LogP contribution < -0.4 is 4.90 Å². The van der Waals surface area contributed by atoms with E-state index in [1.807, 2.05) is 11.6 Å². The van der Waals surface area contributed by atoms with Gasteiger partial charge in [-0.1, -0.05) is 0 Å². The van der Waals surface area contributed by atoms with Crippen LogP contribution in [0.5, 0.6) is 0 Å². The lowest BCUT2D eigenvalue weighted by Crippen LogP contribution is -2.34. The second-order valence-corrected chi connectivity index (χ2v) is 7.65. The molecule has 27 heavy (non-hydrogen) atoms. The third-order valence-corrected chi connectivity index (χ3v) is 5.44. The molecule has 10 heteroatoms. The van der Waals surface area contributed by atoms with Crippen molar-refractivity contribution in [3.8, 4) is 0 Å². The molecule has 0 spiro atoms. The number of hydrogen-bond acceptors (Lipinski definition) is 8. The van der Waals surface area contributed by atoms with Gasteiger partial charge in [-0.25, -0.2) is 19.9 Å². The second-order valence-electron chi connectivity index (χ2n) is 6.67. The maximum atomic E-state index is 4.78. The first kappa shape index (κ1) is 16.3. The maximum absolute atomic E-state index is 4.78. The van der Waals surface area contributed by atoms with E-state index < -0.39 is 0 Å². The van der Waals surface area contributed by atoms with E-state index in [1.165, 1.54) is 5.69 Å². The van der Waals surface area contributed by atoms with Crippen LogP contribution in [0, 0.1) is 0 Å². The van der Waals surface area contributed by atoms with Crippen molar-refractivity contribution in [3.63, 3.8) is 0 Å². The standard InChI is InChI=1S/C17H19N9S/c1-24(9-14-18-2-5-27-14)7-12-6-13-8-25(3-4-26(13)23-12)17-15-16(20-10-19-15)21-11-22-17/h2,5-6,10-11H,3-4,7-9H2,1H3,(H,19,20,21,22). The Morgan fingerprint density at radius 1 is 1.19 bits per heavy atom. The molecule has 0 saturated heterocycles. The number of imidazole rings is 1. The van der Waals surface area contributed by atoms with Gasteiger partial charge in [-0.05, 0) is 13.1 Å². The van der Waals surface area contributed by atoms with Crippen LogP contribution in [0.15, 0.2) is 30.3 Å². The predicted octanol–water partition coefficient (Wildman–Crippen LogP) is 1.66. The molecule has 0 aromatic carbocycles. The molecule has 0 saturated carbocycles. The van der Waals surface area contributed by atoms with Gasteiger partial charge < -0.3 is 9.88 Å². The number of H-pyrrole nitrogens is 1. The van der Waals surface area contributed by atoms with Crippen LogP contribution in [0.1, 0.15) is 16.4 Å². The van der Waals surface area contributed by atoms with Crippen LogP contribution in [0.3, 0.4) is 0 Å². The van der Waals surface area contributed by atoms with Gasteiger partial charge in [0.25, 0.3) is 0 Å². The largest absolute Gasteiger partial charge is 0.347 e. The molecule has 4 aromatic heterocycles. The van der Waals surface area contributed by atoms with Gasteiger partial charge >= 0.3 is 0 Å². The molecule has 9 nitrogen and oxygen atoms in total. The lowest BCUT2D eigenvalue weighted by atomic mass is 10.2. The summed E-state index contributed by atoms with van der Waals surface area (Å²) in [6.07, 6.45) is 5.08. The summed E-state index contributed by atoms with van der Waals surface area (Å²) in [7, 11) is 2.10. The predicted molar refractivity (Wildman–Crippen MR) is 102 cm³/mol. The van der Waals surface area contributed by atoms with E-state index in [0.29, 0.717) is 5.65 Å². The van der Waals surface area contributed by atoms with Gasteiger partial charge in [0.1, 0.15) is 16.9 Å². The first-order chi connectivity index (χ1) is 13.3. The third kappa shape index (κ3) is 3.17. The molecule has 1 aliphatic rings. The SMILES string of the molecule is CN(Cc1cc2n(n1)CCN(c1ncnc3nc[nH]c13)C2)Cc1nccs1. The Morgan fingerprint density at radius 3 is 3.04 bits per heavy atom. The zero-order valence-corrected chi connectivity index (χ0v) is 15.7. The summed E-state index contributed by atoms with van der Waals surface area (Å²) in [5.74, 6) is 0.896. The van der Waals surface area contributed by atoms with Crippen LogP contribution in [0.4, 0.5) is 5.82 Å². The monoisotopic (exact) mass is 381 g/mol. The van der Waals surface area contributed by atoms with E-state index in [9.17, 15) is 0 Å². The van der Waals surface area contributed by atoms with Gasteiger partial charge in [-0.15, -0.1) is 11.3 Å². The summed E-state index contributed by atoms with van der Waals surface area (Å²) in [6.45, 7) is 4.11. The highest BCUT2D eigenvalue weighted by atomic mass is 32.1. The topological polar surface area (TPSA) is 91.7 Å². The van der Waals surface area contributed by atoms with Crippen LogP contribution in [-0.4, -0.2) is 53.2 Å². The summed E-state index contributed by atoms with van der Waals surface area (Å²) in [4.78, 5) is 24.9. The van der Waals surface area contributed by atoms with Crippen molar-refractivity contribution in [2.45, 2.75) is 26.2 Å². The average molecular weight is 381 g/mol. The quantitative estimate of drug-likeness (QED) is 0.562. The number of hydrogen-bond donors (Lipinski definition) is 1. The zero-order valence-electron chi connectivity index (χ0n) is 14.9. The van der Waals surface area contributed by atoms with Crippen LogP contribution in [0.25, 0.3) is 11.2 Å². The smallest absolute Gasteiger partial charge is 0.182 e. The molecule has 0 unspecified atom stereocenters. The van der Waals surface area contributed by atoms with Gasteiger partial charge in [0.15, 0.2) is 11.5 Å². The molecule has 1 aliphatic heterocycles. The van der Waals surface area contributed by atoms with Crippen molar-refractivity contribution in [3.05, 3.63) is 46.7 Å². The van der Waals surface area contributed by atoms with E-state index in [0.717, 1.165) is 54.8 Å². The number of nitrogens with zero attached hydrogens (tertiary/aromatic N) is 8. The first-order valence-corrected chi connectivity index (χ1v) is 9.66. The summed E-state index contributed by atoms with van der Waals surface area (Å²) in [5.41, 5.74) is 3.86. The fraction of sp³-hybridized carbons (Fsp3) is 0.353. The molecule has 1 N–H and O–H groups in total. The molecule has 138 valence electrons. The van der Waals surface area contributed by atoms with Gasteiger partial charge in [-0.3, -0.25) is 9.58 Å². The maximum Gasteiger partial charge on any atom is 0.182 e. The molecule has 0 aliphatic carbocycles. The molecule has 0 fully saturated rings. The first-order valence-electron chi connectivity index (χ1n) is 8.78. The summed E-state index contributed by atoms with van der Waals surface area (Å²) in [5, 5.41) is 7.91. The van der Waals surface area contributed by atoms with E-state index >= 15 is 0 Å². The molecule has 4 aromatic rings. The highest BCUT2D eigenvalue weighted by molar-refractivity contribution is 7.09. The summed E-state index contributed by atoms with van der Waals surface area (Å²) in [6, 6.07) is 2.19. The van der Waals surface area contributed by atoms with Gasteiger partial charge in [0, 0.05) is 24.7 Å². The minimum atomic E-state index is 0.698. The number of aromatic nitrogens is 7. The van der Waals surface area contributed by atoms with Crippen molar-refractivity contribution in [2.24, 2.45) is 0 Å². The van der Waals surface area contributed by atoms with Crippen LogP contribution in [0.2, 0.25) is 0 Å². The minimum Gasteiger partial charge on any atom is -0.347 e. The van der Waals surface area contributed by atoms with E-state index in [4.69, 9.17) is 5.10 Å². The average Bonchev–Trinajstić information content (AvgIpc) is 3.40. The fourth-order valence-electron chi connectivity index (χ4n) is 3.47. The van der Waals surface area contributed by atoms with Gasteiger partial charge in [0.05, 0.1) is 37.3 Å². The molecular formula is C17H19N9S. The van der Waals surface area contributed by atoms with Crippen molar-refractivity contribution in [1.82, 2.24) is 39.6 Å². The van der Waals surface area contributed by atoms with E-state index in [1.54, 1.807) is 24.0 Å². The molecule has 0 bridgehead atoms. The molecular weight excluding hydrogens is 362 g/mol. The number of aromatic amines is 1. The lowest BCUT2D eigenvalue weighted by Gasteiger charge is -2.28. The molecule has 0 amide bonds. The molecule has 5 heterocycles. The van der Waals surface area contributed by atoms with Gasteiger partial charge in [0.2, 0.25) is 0 Å². The Bertz CT molecular complexity index is 1050. The summed E-state index contributed by atoms with van der Waals surface area (Å²) < 4.78 is 2.11. The third-order valence-electron chi connectivity index (χ3n) is 4.67. The Morgan fingerprint density at radius 2 is 2.15 bits per heavy atom. The Labute approximate surface area is 159 Å². The van der Waals surface area contributed by atoms with Crippen LogP contribution >= 0.6 is 11.3 Å². The zero-order chi connectivity index (χ0) is 18.2. The second kappa shape index (κ2) is 6.71. The number of thiazole rings is 1. The van der Waals surface area contributed by atoms with E-state index in [2.05, 4.69) is 52.5 Å². The number of anilines is 1. The fourth-order valence-corrected chi connectivity index (χ4v) is 4.17. The normalized spacial score (nSPS) is 14.2.